The summed E-state index contributed by atoms with van der Waals surface area (Å²) in [5.74, 6) is -0.922. The maximum absolute atomic E-state index is 10.1. The molecule has 0 aliphatic carbocycles. The van der Waals surface area contributed by atoms with Gasteiger partial charge in [0.15, 0.2) is 6.29 Å². The lowest BCUT2D eigenvalue weighted by Gasteiger charge is -2.01. The van der Waals surface area contributed by atoms with Crippen LogP contribution >= 0.6 is 0 Å². The molecular formula is C14H18O4. The number of aliphatic carboxylic acids is 1. The van der Waals surface area contributed by atoms with Gasteiger partial charge in [-0.15, -0.1) is 0 Å². The van der Waals surface area contributed by atoms with Gasteiger partial charge in [-0.2, -0.15) is 0 Å². The van der Waals surface area contributed by atoms with Gasteiger partial charge in [0.1, 0.15) is 0 Å². The van der Waals surface area contributed by atoms with Crippen LogP contribution in [0.2, 0.25) is 0 Å². The summed E-state index contributed by atoms with van der Waals surface area (Å²) >= 11 is 0. The Labute approximate surface area is 107 Å². The quantitative estimate of drug-likeness (QED) is 0.838. The van der Waals surface area contributed by atoms with Crippen molar-refractivity contribution in [3.05, 3.63) is 42.0 Å². The smallest absolute Gasteiger partial charge is 0.328 e. The molecule has 18 heavy (non-hydrogen) atoms. The highest BCUT2D eigenvalue weighted by Gasteiger charge is 2.11. The fraction of sp³-hybridized carbons (Fsp3) is 0.357. The summed E-state index contributed by atoms with van der Waals surface area (Å²) in [6.07, 6.45) is 3.75. The molecule has 2 rings (SSSR count). The van der Waals surface area contributed by atoms with Crippen LogP contribution in [0.15, 0.2) is 36.4 Å². The Morgan fingerprint density at radius 3 is 2.39 bits per heavy atom. The van der Waals surface area contributed by atoms with Gasteiger partial charge in [0.25, 0.3) is 0 Å². The molecule has 0 unspecified atom stereocenters. The van der Waals surface area contributed by atoms with Crippen LogP contribution in [0.4, 0.5) is 0 Å². The number of hydrogen-bond donors (Lipinski definition) is 1. The van der Waals surface area contributed by atoms with E-state index in [9.17, 15) is 4.79 Å². The van der Waals surface area contributed by atoms with E-state index in [4.69, 9.17) is 14.6 Å². The second-order valence-electron chi connectivity index (χ2n) is 3.66. The first-order chi connectivity index (χ1) is 8.72. The molecule has 0 bridgehead atoms. The average Bonchev–Trinajstić information content (AvgIpc) is 2.91. The van der Waals surface area contributed by atoms with Crippen molar-refractivity contribution < 1.29 is 19.4 Å². The largest absolute Gasteiger partial charge is 0.478 e. The standard InChI is InChI=1S/C9H8O2.C5H10O2/c10-9(11)7-6-8-4-2-1-3-5-8;1-2-5-6-3-4-7-5/h1-7H,(H,10,11);5H,2-4H2,1H3. The van der Waals surface area contributed by atoms with Crippen LogP contribution in [0.1, 0.15) is 18.9 Å². The van der Waals surface area contributed by atoms with Crippen LogP contribution in [0.25, 0.3) is 6.08 Å². The van der Waals surface area contributed by atoms with Crippen LogP contribution in [-0.2, 0) is 14.3 Å². The van der Waals surface area contributed by atoms with Gasteiger partial charge >= 0.3 is 5.97 Å². The third-order valence-electron chi connectivity index (χ3n) is 2.24. The summed E-state index contributed by atoms with van der Waals surface area (Å²) in [4.78, 5) is 10.1. The SMILES string of the molecule is CCC1OCCO1.O=C(O)C=Cc1ccccc1. The fourth-order valence-electron chi connectivity index (χ4n) is 1.37. The van der Waals surface area contributed by atoms with E-state index in [0.717, 1.165) is 31.3 Å². The van der Waals surface area contributed by atoms with Crippen LogP contribution in [-0.4, -0.2) is 30.6 Å². The third kappa shape index (κ3) is 6.18. The van der Waals surface area contributed by atoms with Crippen molar-refractivity contribution in [1.29, 1.82) is 0 Å². The molecule has 0 saturated carbocycles. The van der Waals surface area contributed by atoms with E-state index in [-0.39, 0.29) is 6.29 Å². The number of hydrogen-bond acceptors (Lipinski definition) is 3. The Kier molecular flexibility index (Phi) is 6.76. The zero-order valence-corrected chi connectivity index (χ0v) is 10.4. The van der Waals surface area contributed by atoms with Crippen molar-refractivity contribution >= 4 is 12.0 Å². The average molecular weight is 250 g/mol. The Bertz CT molecular complexity index is 367. The monoisotopic (exact) mass is 250 g/mol. The molecule has 1 heterocycles. The molecule has 0 aromatic heterocycles. The highest BCUT2D eigenvalue weighted by Crippen LogP contribution is 2.05. The maximum Gasteiger partial charge on any atom is 0.328 e. The molecule has 0 radical (unpaired) electrons. The highest BCUT2D eigenvalue weighted by molar-refractivity contribution is 5.85. The second-order valence-corrected chi connectivity index (χ2v) is 3.66. The molecular weight excluding hydrogens is 232 g/mol. The minimum atomic E-state index is -0.922. The number of ether oxygens (including phenoxy) is 2. The van der Waals surface area contributed by atoms with Gasteiger partial charge in [0, 0.05) is 6.08 Å². The molecule has 1 aromatic rings. The zero-order chi connectivity index (χ0) is 13.2. The summed E-state index contributed by atoms with van der Waals surface area (Å²) in [6.45, 7) is 3.60. The number of carboxylic acid groups (broad SMARTS) is 1. The Morgan fingerprint density at radius 1 is 1.33 bits per heavy atom. The molecule has 4 nitrogen and oxygen atoms in total. The molecule has 1 saturated heterocycles. The number of carboxylic acids is 1. The number of benzene rings is 1. The Hall–Kier alpha value is -1.65. The molecule has 1 aromatic carbocycles. The molecule has 1 aliphatic rings. The van der Waals surface area contributed by atoms with Gasteiger partial charge in [-0.3, -0.25) is 0 Å². The summed E-state index contributed by atoms with van der Waals surface area (Å²) < 4.78 is 10.2. The molecule has 0 amide bonds. The molecule has 4 heteroatoms. The van der Waals surface area contributed by atoms with Crippen molar-refractivity contribution in [3.63, 3.8) is 0 Å². The number of rotatable bonds is 3. The summed E-state index contributed by atoms with van der Waals surface area (Å²) in [7, 11) is 0. The van der Waals surface area contributed by atoms with Gasteiger partial charge in [0.05, 0.1) is 13.2 Å². The van der Waals surface area contributed by atoms with E-state index in [1.807, 2.05) is 30.3 Å². The minimum absolute atomic E-state index is 0.0972. The van der Waals surface area contributed by atoms with E-state index in [1.54, 1.807) is 6.08 Å². The third-order valence-corrected chi connectivity index (χ3v) is 2.24. The van der Waals surface area contributed by atoms with Gasteiger partial charge in [0.2, 0.25) is 0 Å². The Balaban J connectivity index is 0.000000199. The second kappa shape index (κ2) is 8.44. The van der Waals surface area contributed by atoms with E-state index in [0.29, 0.717) is 0 Å². The lowest BCUT2D eigenvalue weighted by molar-refractivity contribution is -0.131. The molecule has 0 spiro atoms. The maximum atomic E-state index is 10.1. The lowest BCUT2D eigenvalue weighted by atomic mass is 10.2. The summed E-state index contributed by atoms with van der Waals surface area (Å²) in [6, 6.07) is 9.31. The molecule has 1 aliphatic heterocycles. The lowest BCUT2D eigenvalue weighted by Crippen LogP contribution is -2.03. The number of carbonyl (C=O) groups is 1. The van der Waals surface area contributed by atoms with Crippen LogP contribution in [0.5, 0.6) is 0 Å². The van der Waals surface area contributed by atoms with Crippen molar-refractivity contribution in [1.82, 2.24) is 0 Å². The first kappa shape index (κ1) is 14.4. The van der Waals surface area contributed by atoms with E-state index in [1.165, 1.54) is 0 Å². The molecule has 98 valence electrons. The van der Waals surface area contributed by atoms with Gasteiger partial charge in [-0.25, -0.2) is 4.79 Å². The molecule has 0 atom stereocenters. The summed E-state index contributed by atoms with van der Waals surface area (Å²) in [5.41, 5.74) is 0.898. The van der Waals surface area contributed by atoms with Crippen molar-refractivity contribution in [3.8, 4) is 0 Å². The van der Waals surface area contributed by atoms with Gasteiger partial charge in [-0.1, -0.05) is 37.3 Å². The van der Waals surface area contributed by atoms with E-state index in [2.05, 4.69) is 6.92 Å². The molecule has 1 fully saturated rings. The Morgan fingerprint density at radius 2 is 1.94 bits per heavy atom. The van der Waals surface area contributed by atoms with Crippen LogP contribution in [0.3, 0.4) is 0 Å². The van der Waals surface area contributed by atoms with Crippen LogP contribution < -0.4 is 0 Å². The van der Waals surface area contributed by atoms with E-state index >= 15 is 0 Å². The topological polar surface area (TPSA) is 55.8 Å². The van der Waals surface area contributed by atoms with Gasteiger partial charge in [-0.05, 0) is 18.1 Å². The predicted molar refractivity (Wildman–Crippen MR) is 69.1 cm³/mol. The van der Waals surface area contributed by atoms with Crippen molar-refractivity contribution in [2.24, 2.45) is 0 Å². The molecule has 1 N–H and O–H groups in total. The highest BCUT2D eigenvalue weighted by atomic mass is 16.7. The fourth-order valence-corrected chi connectivity index (χ4v) is 1.37. The normalized spacial score (nSPS) is 15.4. The first-order valence-electron chi connectivity index (χ1n) is 5.91. The van der Waals surface area contributed by atoms with Crippen molar-refractivity contribution in [2.75, 3.05) is 13.2 Å². The first-order valence-corrected chi connectivity index (χ1v) is 5.91. The van der Waals surface area contributed by atoms with Gasteiger partial charge < -0.3 is 14.6 Å². The van der Waals surface area contributed by atoms with Crippen LogP contribution in [0, 0.1) is 0 Å². The zero-order valence-electron chi connectivity index (χ0n) is 10.4. The summed E-state index contributed by atoms with van der Waals surface area (Å²) in [5, 5.41) is 8.29. The minimum Gasteiger partial charge on any atom is -0.478 e. The van der Waals surface area contributed by atoms with Crippen molar-refractivity contribution in [2.45, 2.75) is 19.6 Å². The van der Waals surface area contributed by atoms with E-state index < -0.39 is 5.97 Å². The predicted octanol–water partition coefficient (Wildman–Crippen LogP) is 2.55.